The Labute approximate surface area is 115 Å². The Bertz CT molecular complexity index is 546. The van der Waals surface area contributed by atoms with E-state index in [1.165, 1.54) is 5.56 Å². The van der Waals surface area contributed by atoms with Gasteiger partial charge < -0.3 is 0 Å². The third-order valence-electron chi connectivity index (χ3n) is 2.76. The van der Waals surface area contributed by atoms with Crippen LogP contribution in [0.25, 0.3) is 0 Å². The summed E-state index contributed by atoms with van der Waals surface area (Å²) in [5, 5.41) is 0. The van der Waals surface area contributed by atoms with Crippen molar-refractivity contribution >= 4 is 28.4 Å². The number of hydrogen-bond acceptors (Lipinski definition) is 1. The largest absolute Gasteiger partial charge is 0.294 e. The van der Waals surface area contributed by atoms with Gasteiger partial charge >= 0.3 is 0 Å². The number of hydrogen-bond donors (Lipinski definition) is 0. The Morgan fingerprint density at radius 1 is 1.12 bits per heavy atom. The molecule has 0 N–H and O–H groups in total. The minimum atomic E-state index is 0.179. The smallest absolute Gasteiger partial charge is 0.167 e. The van der Waals surface area contributed by atoms with Gasteiger partial charge in [0.2, 0.25) is 0 Å². The van der Waals surface area contributed by atoms with Crippen molar-refractivity contribution in [3.05, 3.63) is 68.8 Å². The third kappa shape index (κ3) is 3.16. The number of rotatable bonds is 3. The molecule has 2 aromatic carbocycles. The van der Waals surface area contributed by atoms with E-state index < -0.39 is 0 Å². The second kappa shape index (κ2) is 5.45. The van der Waals surface area contributed by atoms with Crippen LogP contribution < -0.4 is 0 Å². The normalized spacial score (nSPS) is 10.2. The summed E-state index contributed by atoms with van der Waals surface area (Å²) in [5.74, 6) is 0.179. The van der Waals surface area contributed by atoms with Crippen LogP contribution in [0, 0.1) is 10.5 Å². The monoisotopic (exact) mass is 336 g/mol. The first-order valence-electron chi connectivity index (χ1n) is 5.50. The third-order valence-corrected chi connectivity index (χ3v) is 3.43. The van der Waals surface area contributed by atoms with Crippen molar-refractivity contribution in [2.45, 2.75) is 13.3 Å². The van der Waals surface area contributed by atoms with Crippen LogP contribution in [0.3, 0.4) is 0 Å². The van der Waals surface area contributed by atoms with Gasteiger partial charge in [0.15, 0.2) is 5.78 Å². The molecule has 0 bridgehead atoms. The summed E-state index contributed by atoms with van der Waals surface area (Å²) in [7, 11) is 0. The Kier molecular flexibility index (Phi) is 3.94. The summed E-state index contributed by atoms with van der Waals surface area (Å²) < 4.78 is 1.10. The van der Waals surface area contributed by atoms with Gasteiger partial charge in [-0.3, -0.25) is 4.79 Å². The van der Waals surface area contributed by atoms with Crippen molar-refractivity contribution in [1.82, 2.24) is 0 Å². The molecule has 0 aromatic heterocycles. The second-order valence-corrected chi connectivity index (χ2v) is 5.28. The van der Waals surface area contributed by atoms with Crippen LogP contribution in [0.5, 0.6) is 0 Å². The van der Waals surface area contributed by atoms with Gasteiger partial charge in [-0.15, -0.1) is 0 Å². The zero-order chi connectivity index (χ0) is 12.3. The minimum Gasteiger partial charge on any atom is -0.294 e. The van der Waals surface area contributed by atoms with Gasteiger partial charge in [-0.05, 0) is 52.8 Å². The van der Waals surface area contributed by atoms with E-state index in [4.69, 9.17) is 0 Å². The quantitative estimate of drug-likeness (QED) is 0.611. The van der Waals surface area contributed by atoms with E-state index >= 15 is 0 Å². The summed E-state index contributed by atoms with van der Waals surface area (Å²) in [5.41, 5.74) is 3.07. The van der Waals surface area contributed by atoms with Crippen LogP contribution in [0.15, 0.2) is 48.5 Å². The van der Waals surface area contributed by atoms with Crippen LogP contribution >= 0.6 is 22.6 Å². The lowest BCUT2D eigenvalue weighted by molar-refractivity contribution is 0.0992. The molecule has 0 amide bonds. The average molecular weight is 336 g/mol. The van der Waals surface area contributed by atoms with Gasteiger partial charge in [-0.1, -0.05) is 36.4 Å². The zero-order valence-electron chi connectivity index (χ0n) is 9.61. The predicted octanol–water partition coefficient (Wildman–Crippen LogP) is 4.03. The molecule has 0 fully saturated rings. The van der Waals surface area contributed by atoms with Gasteiger partial charge in [0, 0.05) is 15.6 Å². The molecule has 0 unspecified atom stereocenters. The standard InChI is InChI=1S/C15H13IO/c1-11-5-2-3-6-12(11)10-15(17)13-7-4-8-14(16)9-13/h2-9H,10H2,1H3. The molecule has 0 aliphatic rings. The van der Waals surface area contributed by atoms with Crippen LogP contribution in [-0.4, -0.2) is 5.78 Å². The fraction of sp³-hybridized carbons (Fsp3) is 0.133. The topological polar surface area (TPSA) is 17.1 Å². The lowest BCUT2D eigenvalue weighted by atomic mass is 10.00. The lowest BCUT2D eigenvalue weighted by Crippen LogP contribution is -2.04. The van der Waals surface area contributed by atoms with Crippen molar-refractivity contribution in [2.75, 3.05) is 0 Å². The van der Waals surface area contributed by atoms with Crippen molar-refractivity contribution in [3.63, 3.8) is 0 Å². The van der Waals surface area contributed by atoms with Crippen molar-refractivity contribution in [2.24, 2.45) is 0 Å². The highest BCUT2D eigenvalue weighted by atomic mass is 127. The molecular formula is C15H13IO. The summed E-state index contributed by atoms with van der Waals surface area (Å²) in [6.45, 7) is 2.04. The number of carbonyl (C=O) groups excluding carboxylic acids is 1. The van der Waals surface area contributed by atoms with Crippen LogP contribution in [-0.2, 0) is 6.42 Å². The molecule has 0 saturated carbocycles. The van der Waals surface area contributed by atoms with Crippen molar-refractivity contribution < 1.29 is 4.79 Å². The maximum absolute atomic E-state index is 12.1. The zero-order valence-corrected chi connectivity index (χ0v) is 11.8. The lowest BCUT2D eigenvalue weighted by Gasteiger charge is -2.05. The summed E-state index contributed by atoms with van der Waals surface area (Å²) in [6, 6.07) is 15.7. The van der Waals surface area contributed by atoms with Gasteiger partial charge in [0.1, 0.15) is 0 Å². The molecule has 2 heteroatoms. The first-order chi connectivity index (χ1) is 8.16. The minimum absolute atomic E-state index is 0.179. The number of Topliss-reactive ketones (excluding diaryl/α,β-unsaturated/α-hetero) is 1. The van der Waals surface area contributed by atoms with Gasteiger partial charge in [0.25, 0.3) is 0 Å². The number of carbonyl (C=O) groups is 1. The molecule has 0 spiro atoms. The summed E-state index contributed by atoms with van der Waals surface area (Å²) in [4.78, 5) is 12.1. The molecule has 0 heterocycles. The van der Waals surface area contributed by atoms with E-state index in [0.29, 0.717) is 6.42 Å². The molecule has 2 aromatic rings. The van der Waals surface area contributed by atoms with E-state index in [0.717, 1.165) is 14.7 Å². The average Bonchev–Trinajstić information content (AvgIpc) is 2.32. The second-order valence-electron chi connectivity index (χ2n) is 4.04. The van der Waals surface area contributed by atoms with Gasteiger partial charge in [-0.25, -0.2) is 0 Å². The molecular weight excluding hydrogens is 323 g/mol. The van der Waals surface area contributed by atoms with E-state index in [1.54, 1.807) is 0 Å². The molecule has 86 valence electrons. The molecule has 0 aliphatic carbocycles. The van der Waals surface area contributed by atoms with Crippen LogP contribution in [0.1, 0.15) is 21.5 Å². The van der Waals surface area contributed by atoms with E-state index in [1.807, 2.05) is 55.5 Å². The fourth-order valence-corrected chi connectivity index (χ4v) is 2.29. The maximum atomic E-state index is 12.1. The SMILES string of the molecule is Cc1ccccc1CC(=O)c1cccc(I)c1. The molecule has 0 aliphatic heterocycles. The molecule has 0 atom stereocenters. The summed E-state index contributed by atoms with van der Waals surface area (Å²) >= 11 is 2.22. The van der Waals surface area contributed by atoms with Crippen molar-refractivity contribution in [3.8, 4) is 0 Å². The summed E-state index contributed by atoms with van der Waals surface area (Å²) in [6.07, 6.45) is 0.479. The van der Waals surface area contributed by atoms with Crippen LogP contribution in [0.2, 0.25) is 0 Å². The van der Waals surface area contributed by atoms with Gasteiger partial charge in [-0.2, -0.15) is 0 Å². The van der Waals surface area contributed by atoms with Crippen LogP contribution in [0.4, 0.5) is 0 Å². The first kappa shape index (κ1) is 12.3. The predicted molar refractivity (Wildman–Crippen MR) is 78.4 cm³/mol. The maximum Gasteiger partial charge on any atom is 0.167 e. The Hall–Kier alpha value is -1.16. The molecule has 17 heavy (non-hydrogen) atoms. The fourth-order valence-electron chi connectivity index (χ4n) is 1.75. The highest BCUT2D eigenvalue weighted by Gasteiger charge is 2.08. The van der Waals surface area contributed by atoms with E-state index in [2.05, 4.69) is 22.6 Å². The number of benzene rings is 2. The number of halogens is 1. The number of ketones is 1. The highest BCUT2D eigenvalue weighted by molar-refractivity contribution is 14.1. The van der Waals surface area contributed by atoms with E-state index in [-0.39, 0.29) is 5.78 Å². The Morgan fingerprint density at radius 2 is 1.88 bits per heavy atom. The van der Waals surface area contributed by atoms with Crippen molar-refractivity contribution in [1.29, 1.82) is 0 Å². The number of aryl methyl sites for hydroxylation is 1. The molecule has 2 rings (SSSR count). The Balaban J connectivity index is 2.20. The first-order valence-corrected chi connectivity index (χ1v) is 6.58. The molecule has 1 nitrogen and oxygen atoms in total. The Morgan fingerprint density at radius 3 is 2.59 bits per heavy atom. The van der Waals surface area contributed by atoms with Gasteiger partial charge in [0.05, 0.1) is 0 Å². The highest BCUT2D eigenvalue weighted by Crippen LogP contribution is 2.13. The molecule has 0 radical (unpaired) electrons. The van der Waals surface area contributed by atoms with E-state index in [9.17, 15) is 4.79 Å². The molecule has 0 saturated heterocycles.